The Bertz CT molecular complexity index is 1320. The molecule has 1 amide bonds. The minimum absolute atomic E-state index is 0.184. The fourth-order valence-corrected chi connectivity index (χ4v) is 4.87. The molecular formula is C25H25N3O2S. The third-order valence-corrected chi connectivity index (χ3v) is 6.48. The van der Waals surface area contributed by atoms with E-state index in [9.17, 15) is 9.59 Å². The van der Waals surface area contributed by atoms with E-state index in [2.05, 4.69) is 10.3 Å². The minimum Gasteiger partial charge on any atom is -0.324 e. The van der Waals surface area contributed by atoms with Crippen LogP contribution in [0.2, 0.25) is 0 Å². The highest BCUT2D eigenvalue weighted by molar-refractivity contribution is 7.19. The number of amides is 1. The van der Waals surface area contributed by atoms with E-state index < -0.39 is 6.04 Å². The van der Waals surface area contributed by atoms with Crippen LogP contribution in [-0.2, 0) is 4.79 Å². The van der Waals surface area contributed by atoms with E-state index in [-0.39, 0.29) is 11.5 Å². The van der Waals surface area contributed by atoms with Gasteiger partial charge in [0.15, 0.2) is 0 Å². The van der Waals surface area contributed by atoms with E-state index in [1.54, 1.807) is 0 Å². The minimum atomic E-state index is -0.643. The fraction of sp³-hybridized carbons (Fsp3) is 0.240. The standard InChI is InChI=1S/C25H25N3O2S/c1-5-20(23(29)27-19-8-6-7-16(3)13-19)28-14-26-24-22(25(28)30)21(17(4)31-24)18-11-9-15(2)10-12-18/h6-14,20H,5H2,1-4H3,(H,27,29). The molecule has 0 bridgehead atoms. The van der Waals surface area contributed by atoms with E-state index >= 15 is 0 Å². The molecule has 2 aromatic heterocycles. The molecule has 5 nitrogen and oxygen atoms in total. The Kier molecular flexibility index (Phi) is 5.74. The molecule has 0 fully saturated rings. The summed E-state index contributed by atoms with van der Waals surface area (Å²) in [6.45, 7) is 7.92. The van der Waals surface area contributed by atoms with Crippen LogP contribution < -0.4 is 10.9 Å². The van der Waals surface area contributed by atoms with Gasteiger partial charge in [0.1, 0.15) is 10.9 Å². The highest BCUT2D eigenvalue weighted by atomic mass is 32.1. The summed E-state index contributed by atoms with van der Waals surface area (Å²) in [7, 11) is 0. The molecule has 0 radical (unpaired) electrons. The number of rotatable bonds is 5. The number of hydrogen-bond acceptors (Lipinski definition) is 4. The van der Waals surface area contributed by atoms with Gasteiger partial charge in [0.2, 0.25) is 5.91 Å². The van der Waals surface area contributed by atoms with Crippen molar-refractivity contribution < 1.29 is 4.79 Å². The number of nitrogens with one attached hydrogen (secondary N) is 1. The SMILES string of the molecule is CCC(C(=O)Nc1cccc(C)c1)n1cnc2sc(C)c(-c3ccc(C)cc3)c2c1=O. The smallest absolute Gasteiger partial charge is 0.263 e. The fourth-order valence-electron chi connectivity index (χ4n) is 3.86. The zero-order valence-electron chi connectivity index (χ0n) is 18.1. The van der Waals surface area contributed by atoms with Gasteiger partial charge in [-0.25, -0.2) is 4.98 Å². The molecule has 0 saturated carbocycles. The lowest BCUT2D eigenvalue weighted by atomic mass is 10.0. The number of aryl methyl sites for hydroxylation is 3. The summed E-state index contributed by atoms with van der Waals surface area (Å²) in [5.74, 6) is -0.222. The predicted octanol–water partition coefficient (Wildman–Crippen LogP) is 5.64. The Hall–Kier alpha value is -3.25. The van der Waals surface area contributed by atoms with Crippen LogP contribution in [0.5, 0.6) is 0 Å². The van der Waals surface area contributed by atoms with Crippen LogP contribution in [-0.4, -0.2) is 15.5 Å². The van der Waals surface area contributed by atoms with Gasteiger partial charge in [-0.15, -0.1) is 11.3 Å². The van der Waals surface area contributed by atoms with E-state index in [1.165, 1.54) is 22.2 Å². The molecule has 0 spiro atoms. The Morgan fingerprint density at radius 2 is 1.84 bits per heavy atom. The monoisotopic (exact) mass is 431 g/mol. The second kappa shape index (κ2) is 8.47. The average Bonchev–Trinajstić information content (AvgIpc) is 3.07. The van der Waals surface area contributed by atoms with Crippen molar-refractivity contribution in [3.63, 3.8) is 0 Å². The summed E-state index contributed by atoms with van der Waals surface area (Å²) < 4.78 is 1.47. The number of fused-ring (bicyclic) bond motifs is 1. The van der Waals surface area contributed by atoms with Crippen LogP contribution in [0.3, 0.4) is 0 Å². The number of carbonyl (C=O) groups excluding carboxylic acids is 1. The molecule has 31 heavy (non-hydrogen) atoms. The molecule has 2 aromatic carbocycles. The van der Waals surface area contributed by atoms with Gasteiger partial charge in [-0.1, -0.05) is 48.9 Å². The zero-order valence-corrected chi connectivity index (χ0v) is 18.9. The van der Waals surface area contributed by atoms with Gasteiger partial charge in [-0.2, -0.15) is 0 Å². The average molecular weight is 432 g/mol. The molecule has 2 heterocycles. The summed E-state index contributed by atoms with van der Waals surface area (Å²) in [5.41, 5.74) is 4.65. The Labute approximate surface area is 185 Å². The highest BCUT2D eigenvalue weighted by Gasteiger charge is 2.24. The number of aromatic nitrogens is 2. The second-order valence-corrected chi connectivity index (χ2v) is 9.02. The summed E-state index contributed by atoms with van der Waals surface area (Å²) in [6.07, 6.45) is 1.98. The molecule has 4 rings (SSSR count). The molecular weight excluding hydrogens is 406 g/mol. The second-order valence-electron chi connectivity index (χ2n) is 7.82. The van der Waals surface area contributed by atoms with Crippen molar-refractivity contribution in [1.82, 2.24) is 9.55 Å². The van der Waals surface area contributed by atoms with E-state index in [0.717, 1.165) is 32.8 Å². The lowest BCUT2D eigenvalue weighted by Gasteiger charge is -2.18. The molecule has 1 unspecified atom stereocenters. The first-order valence-electron chi connectivity index (χ1n) is 10.3. The van der Waals surface area contributed by atoms with Gasteiger partial charge in [0, 0.05) is 16.1 Å². The zero-order chi connectivity index (χ0) is 22.1. The van der Waals surface area contributed by atoms with Crippen LogP contribution in [0.4, 0.5) is 5.69 Å². The van der Waals surface area contributed by atoms with Crippen LogP contribution in [0, 0.1) is 20.8 Å². The highest BCUT2D eigenvalue weighted by Crippen LogP contribution is 2.35. The largest absolute Gasteiger partial charge is 0.324 e. The normalized spacial score (nSPS) is 12.1. The first-order chi connectivity index (χ1) is 14.9. The maximum Gasteiger partial charge on any atom is 0.263 e. The van der Waals surface area contributed by atoms with Gasteiger partial charge in [-0.3, -0.25) is 14.2 Å². The Morgan fingerprint density at radius 1 is 1.10 bits per heavy atom. The topological polar surface area (TPSA) is 64.0 Å². The maximum atomic E-state index is 13.6. The molecule has 0 saturated heterocycles. The number of anilines is 1. The lowest BCUT2D eigenvalue weighted by Crippen LogP contribution is -2.33. The van der Waals surface area contributed by atoms with E-state index in [0.29, 0.717) is 16.6 Å². The van der Waals surface area contributed by atoms with Crippen molar-refractivity contribution in [3.8, 4) is 11.1 Å². The van der Waals surface area contributed by atoms with E-state index in [1.807, 2.05) is 76.2 Å². The number of thiophene rings is 1. The molecule has 4 aromatic rings. The van der Waals surface area contributed by atoms with Crippen molar-refractivity contribution in [2.45, 2.75) is 40.2 Å². The van der Waals surface area contributed by atoms with Crippen LogP contribution in [0.1, 0.15) is 35.4 Å². The first-order valence-corrected chi connectivity index (χ1v) is 11.2. The van der Waals surface area contributed by atoms with Gasteiger partial charge >= 0.3 is 0 Å². The predicted molar refractivity (Wildman–Crippen MR) is 128 cm³/mol. The molecule has 0 aliphatic heterocycles. The molecule has 0 aliphatic rings. The van der Waals surface area contributed by atoms with Crippen LogP contribution >= 0.6 is 11.3 Å². The third-order valence-electron chi connectivity index (χ3n) is 5.46. The van der Waals surface area contributed by atoms with Crippen LogP contribution in [0.25, 0.3) is 21.3 Å². The van der Waals surface area contributed by atoms with Gasteiger partial charge in [-0.05, 0) is 50.5 Å². The maximum absolute atomic E-state index is 13.6. The lowest BCUT2D eigenvalue weighted by molar-refractivity contribution is -0.119. The van der Waals surface area contributed by atoms with E-state index in [4.69, 9.17) is 0 Å². The van der Waals surface area contributed by atoms with Gasteiger partial charge in [0.05, 0.1) is 11.7 Å². The van der Waals surface area contributed by atoms with Gasteiger partial charge < -0.3 is 5.32 Å². The van der Waals surface area contributed by atoms with Crippen LogP contribution in [0.15, 0.2) is 59.7 Å². The summed E-state index contributed by atoms with van der Waals surface area (Å²) in [4.78, 5) is 32.9. The van der Waals surface area contributed by atoms with Gasteiger partial charge in [0.25, 0.3) is 5.56 Å². The molecule has 6 heteroatoms. The third kappa shape index (κ3) is 4.03. The molecule has 1 atom stereocenters. The molecule has 1 N–H and O–H groups in total. The number of carbonyl (C=O) groups is 1. The quantitative estimate of drug-likeness (QED) is 0.445. The Morgan fingerprint density at radius 3 is 2.52 bits per heavy atom. The molecule has 158 valence electrons. The van der Waals surface area contributed by atoms with Crippen molar-refractivity contribution in [3.05, 3.63) is 81.2 Å². The number of hydrogen-bond donors (Lipinski definition) is 1. The molecule has 0 aliphatic carbocycles. The van der Waals surface area contributed by atoms with Crippen molar-refractivity contribution >= 4 is 33.1 Å². The number of nitrogens with zero attached hydrogens (tertiary/aromatic N) is 2. The first kappa shape index (κ1) is 21.0. The summed E-state index contributed by atoms with van der Waals surface area (Å²) in [5, 5.41) is 3.52. The summed E-state index contributed by atoms with van der Waals surface area (Å²) in [6, 6.07) is 15.1. The van der Waals surface area contributed by atoms with Crippen molar-refractivity contribution in [2.75, 3.05) is 5.32 Å². The summed E-state index contributed by atoms with van der Waals surface area (Å²) >= 11 is 1.51. The number of benzene rings is 2. The Balaban J connectivity index is 1.79. The van der Waals surface area contributed by atoms with Crippen molar-refractivity contribution in [1.29, 1.82) is 0 Å². The van der Waals surface area contributed by atoms with Crippen molar-refractivity contribution in [2.24, 2.45) is 0 Å².